The van der Waals surface area contributed by atoms with Crippen LogP contribution >= 0.6 is 11.3 Å². The van der Waals surface area contributed by atoms with Crippen molar-refractivity contribution in [1.82, 2.24) is 4.98 Å². The van der Waals surface area contributed by atoms with Crippen molar-refractivity contribution >= 4 is 17.3 Å². The van der Waals surface area contributed by atoms with E-state index >= 15 is 0 Å². The molecule has 3 rings (SSSR count). The van der Waals surface area contributed by atoms with Crippen LogP contribution in [0, 0.1) is 0 Å². The molecule has 0 bridgehead atoms. The van der Waals surface area contributed by atoms with Gasteiger partial charge in [0.15, 0.2) is 17.2 Å². The fraction of sp³-hybridized carbons (Fsp3) is 0.158. The van der Waals surface area contributed by atoms with E-state index in [0.29, 0.717) is 35.5 Å². The fourth-order valence-electron chi connectivity index (χ4n) is 2.31. The molecular weight excluding hydrogens is 354 g/mol. The van der Waals surface area contributed by atoms with Crippen molar-refractivity contribution in [3.05, 3.63) is 59.6 Å². The van der Waals surface area contributed by atoms with Gasteiger partial charge in [0.2, 0.25) is 0 Å². The Morgan fingerprint density at radius 1 is 1.00 bits per heavy atom. The smallest absolute Gasteiger partial charge is 0.355 e. The second kappa shape index (κ2) is 8.35. The van der Waals surface area contributed by atoms with Crippen LogP contribution in [-0.4, -0.2) is 36.4 Å². The summed E-state index contributed by atoms with van der Waals surface area (Å²) in [6, 6.07) is 14.8. The third-order valence-corrected chi connectivity index (χ3v) is 4.38. The van der Waals surface area contributed by atoms with Crippen molar-refractivity contribution in [2.75, 3.05) is 20.3 Å². The highest BCUT2D eigenvalue weighted by molar-refractivity contribution is 7.13. The van der Waals surface area contributed by atoms with Gasteiger partial charge in [-0.25, -0.2) is 9.78 Å². The number of aromatic nitrogens is 1. The van der Waals surface area contributed by atoms with Gasteiger partial charge in [0, 0.05) is 5.38 Å². The molecule has 0 aliphatic heterocycles. The lowest BCUT2D eigenvalue weighted by molar-refractivity contribution is 0.0691. The standard InChI is InChI=1S/C19H17NO5S/c1-23-16-8-4-5-9-17(16)25-11-10-24-15-7-3-2-6-13(15)18-20-14(12-26-18)19(21)22/h2-9,12H,10-11H2,1H3,(H,21,22). The molecule has 1 N–H and O–H groups in total. The summed E-state index contributed by atoms with van der Waals surface area (Å²) in [5.74, 6) is 0.897. The molecule has 0 atom stereocenters. The number of ether oxygens (including phenoxy) is 3. The molecule has 26 heavy (non-hydrogen) atoms. The van der Waals surface area contributed by atoms with Crippen molar-refractivity contribution < 1.29 is 24.1 Å². The topological polar surface area (TPSA) is 77.9 Å². The van der Waals surface area contributed by atoms with E-state index in [2.05, 4.69) is 4.98 Å². The molecule has 0 spiro atoms. The average Bonchev–Trinajstić information content (AvgIpc) is 3.16. The van der Waals surface area contributed by atoms with E-state index in [1.807, 2.05) is 48.5 Å². The van der Waals surface area contributed by atoms with Crippen molar-refractivity contribution in [2.24, 2.45) is 0 Å². The largest absolute Gasteiger partial charge is 0.493 e. The molecule has 0 saturated heterocycles. The zero-order valence-electron chi connectivity index (χ0n) is 14.0. The molecule has 7 heteroatoms. The van der Waals surface area contributed by atoms with E-state index < -0.39 is 5.97 Å². The summed E-state index contributed by atoms with van der Waals surface area (Å²) < 4.78 is 16.7. The third-order valence-electron chi connectivity index (χ3n) is 3.51. The highest BCUT2D eigenvalue weighted by Gasteiger charge is 2.13. The zero-order valence-corrected chi connectivity index (χ0v) is 14.9. The Bertz CT molecular complexity index is 893. The predicted molar refractivity (Wildman–Crippen MR) is 98.5 cm³/mol. The second-order valence-corrected chi connectivity index (χ2v) is 6.05. The number of para-hydroxylation sites is 3. The van der Waals surface area contributed by atoms with Crippen LogP contribution in [0.25, 0.3) is 10.6 Å². The number of hydrogen-bond acceptors (Lipinski definition) is 6. The minimum absolute atomic E-state index is 0.0271. The molecule has 6 nitrogen and oxygen atoms in total. The maximum atomic E-state index is 11.0. The van der Waals surface area contributed by atoms with Crippen molar-refractivity contribution in [1.29, 1.82) is 0 Å². The summed E-state index contributed by atoms with van der Waals surface area (Å²) in [7, 11) is 1.59. The number of methoxy groups -OCH3 is 1. The highest BCUT2D eigenvalue weighted by Crippen LogP contribution is 2.32. The van der Waals surface area contributed by atoms with E-state index in [4.69, 9.17) is 19.3 Å². The minimum Gasteiger partial charge on any atom is -0.493 e. The lowest BCUT2D eigenvalue weighted by Gasteiger charge is -2.12. The quantitative estimate of drug-likeness (QED) is 0.604. The molecule has 3 aromatic rings. The van der Waals surface area contributed by atoms with Crippen molar-refractivity contribution in [2.45, 2.75) is 0 Å². The molecule has 0 amide bonds. The maximum Gasteiger partial charge on any atom is 0.355 e. The molecule has 0 aliphatic carbocycles. The highest BCUT2D eigenvalue weighted by atomic mass is 32.1. The van der Waals surface area contributed by atoms with Crippen LogP contribution in [0.5, 0.6) is 17.2 Å². The summed E-state index contributed by atoms with van der Waals surface area (Å²) in [4.78, 5) is 15.1. The zero-order chi connectivity index (χ0) is 18.4. The van der Waals surface area contributed by atoms with Gasteiger partial charge in [0.05, 0.1) is 12.7 Å². The number of carboxylic acid groups (broad SMARTS) is 1. The van der Waals surface area contributed by atoms with Gasteiger partial charge in [-0.1, -0.05) is 24.3 Å². The molecule has 1 heterocycles. The Morgan fingerprint density at radius 3 is 2.27 bits per heavy atom. The van der Waals surface area contributed by atoms with Gasteiger partial charge < -0.3 is 19.3 Å². The number of rotatable bonds is 8. The van der Waals surface area contributed by atoms with E-state index in [0.717, 1.165) is 5.56 Å². The van der Waals surface area contributed by atoms with Crippen molar-refractivity contribution in [3.8, 4) is 27.8 Å². The number of carbonyl (C=O) groups is 1. The second-order valence-electron chi connectivity index (χ2n) is 5.19. The van der Waals surface area contributed by atoms with Gasteiger partial charge in [-0.05, 0) is 24.3 Å². The van der Waals surface area contributed by atoms with Gasteiger partial charge in [-0.3, -0.25) is 0 Å². The number of nitrogens with zero attached hydrogens (tertiary/aromatic N) is 1. The van der Waals surface area contributed by atoms with Gasteiger partial charge in [-0.2, -0.15) is 0 Å². The molecule has 1 aromatic heterocycles. The van der Waals surface area contributed by atoms with Crippen LogP contribution in [-0.2, 0) is 0 Å². The van der Waals surface area contributed by atoms with Crippen LogP contribution in [0.2, 0.25) is 0 Å². The first-order valence-electron chi connectivity index (χ1n) is 7.86. The lowest BCUT2D eigenvalue weighted by Crippen LogP contribution is -2.10. The summed E-state index contributed by atoms with van der Waals surface area (Å²) in [5, 5.41) is 11.1. The Morgan fingerprint density at radius 2 is 1.62 bits per heavy atom. The van der Waals surface area contributed by atoms with E-state index in [1.165, 1.54) is 16.7 Å². The van der Waals surface area contributed by atoms with Crippen molar-refractivity contribution in [3.63, 3.8) is 0 Å². The number of thiazole rings is 1. The van der Waals surface area contributed by atoms with Crippen LogP contribution in [0.3, 0.4) is 0 Å². The number of hydrogen-bond donors (Lipinski definition) is 1. The third kappa shape index (κ3) is 4.12. The van der Waals surface area contributed by atoms with E-state index in [1.54, 1.807) is 7.11 Å². The van der Waals surface area contributed by atoms with Crippen LogP contribution < -0.4 is 14.2 Å². The summed E-state index contributed by atoms with van der Waals surface area (Å²) in [6.45, 7) is 0.666. The number of carboxylic acids is 1. The fourth-order valence-corrected chi connectivity index (χ4v) is 3.13. The van der Waals surface area contributed by atoms with Crippen LogP contribution in [0.4, 0.5) is 0 Å². The van der Waals surface area contributed by atoms with Gasteiger partial charge in [0.25, 0.3) is 0 Å². The average molecular weight is 371 g/mol. The molecule has 0 aliphatic rings. The van der Waals surface area contributed by atoms with E-state index in [-0.39, 0.29) is 5.69 Å². The first-order valence-corrected chi connectivity index (χ1v) is 8.74. The SMILES string of the molecule is COc1ccccc1OCCOc1ccccc1-c1nc(C(=O)O)cs1. The maximum absolute atomic E-state index is 11.0. The minimum atomic E-state index is -1.05. The normalized spacial score (nSPS) is 10.3. The Labute approximate surface area is 154 Å². The Hall–Kier alpha value is -3.06. The Balaban J connectivity index is 1.64. The molecule has 0 unspecified atom stereocenters. The van der Waals surface area contributed by atoms with Gasteiger partial charge in [0.1, 0.15) is 24.0 Å². The van der Waals surface area contributed by atoms with Crippen LogP contribution in [0.1, 0.15) is 10.5 Å². The molecule has 0 fully saturated rings. The molecule has 2 aromatic carbocycles. The van der Waals surface area contributed by atoms with Gasteiger partial charge in [-0.15, -0.1) is 11.3 Å². The molecule has 134 valence electrons. The molecular formula is C19H17NO5S. The number of benzene rings is 2. The van der Waals surface area contributed by atoms with Gasteiger partial charge >= 0.3 is 5.97 Å². The molecule has 0 saturated carbocycles. The predicted octanol–water partition coefficient (Wildman–Crippen LogP) is 3.97. The van der Waals surface area contributed by atoms with E-state index in [9.17, 15) is 4.79 Å². The summed E-state index contributed by atoms with van der Waals surface area (Å²) >= 11 is 1.27. The summed E-state index contributed by atoms with van der Waals surface area (Å²) in [6.07, 6.45) is 0. The first kappa shape index (κ1) is 17.8. The summed E-state index contributed by atoms with van der Waals surface area (Å²) in [5.41, 5.74) is 0.779. The lowest BCUT2D eigenvalue weighted by atomic mass is 10.2. The number of aromatic carboxylic acids is 1. The van der Waals surface area contributed by atoms with Crippen LogP contribution in [0.15, 0.2) is 53.9 Å². The molecule has 0 radical (unpaired) electrons. The monoisotopic (exact) mass is 371 g/mol. The Kier molecular flexibility index (Phi) is 5.70. The first-order chi connectivity index (χ1) is 12.7.